The Morgan fingerprint density at radius 2 is 2.22 bits per heavy atom. The molecule has 18 heavy (non-hydrogen) atoms. The molecule has 1 heterocycles. The second-order valence-electron chi connectivity index (χ2n) is 5.83. The molecule has 0 radical (unpaired) electrons. The molecule has 1 N–H and O–H groups in total. The SMILES string of the molecule is Cc1cccc(NC2CSCC(C)(C)C2)c1C#N. The molecule has 0 saturated carbocycles. The summed E-state index contributed by atoms with van der Waals surface area (Å²) in [6.07, 6.45) is 1.17. The molecule has 1 saturated heterocycles. The maximum absolute atomic E-state index is 9.24. The number of hydrogen-bond donors (Lipinski definition) is 1. The van der Waals surface area contributed by atoms with E-state index < -0.39 is 0 Å². The fraction of sp³-hybridized carbons (Fsp3) is 0.533. The summed E-state index contributed by atoms with van der Waals surface area (Å²) in [6.45, 7) is 6.62. The average Bonchev–Trinajstić information content (AvgIpc) is 2.28. The summed E-state index contributed by atoms with van der Waals surface area (Å²) in [5, 5.41) is 12.8. The number of nitriles is 1. The Morgan fingerprint density at radius 3 is 2.89 bits per heavy atom. The van der Waals surface area contributed by atoms with Crippen molar-refractivity contribution in [2.45, 2.75) is 33.2 Å². The monoisotopic (exact) mass is 260 g/mol. The second-order valence-corrected chi connectivity index (χ2v) is 6.86. The van der Waals surface area contributed by atoms with E-state index in [0.29, 0.717) is 11.5 Å². The van der Waals surface area contributed by atoms with Gasteiger partial charge in [-0.15, -0.1) is 0 Å². The number of benzene rings is 1. The van der Waals surface area contributed by atoms with Gasteiger partial charge in [-0.3, -0.25) is 0 Å². The molecular weight excluding hydrogens is 240 g/mol. The van der Waals surface area contributed by atoms with Crippen LogP contribution < -0.4 is 5.32 Å². The van der Waals surface area contributed by atoms with Crippen LogP contribution in [0.1, 0.15) is 31.4 Å². The minimum atomic E-state index is 0.386. The largest absolute Gasteiger partial charge is 0.380 e. The minimum Gasteiger partial charge on any atom is -0.380 e. The standard InChI is InChI=1S/C15H20N2S/c1-11-5-4-6-14(13(11)8-16)17-12-7-15(2,3)10-18-9-12/h4-6,12,17H,7,9-10H2,1-3H3. The van der Waals surface area contributed by atoms with Crippen LogP contribution in [-0.2, 0) is 0 Å². The number of nitrogens with zero attached hydrogens (tertiary/aromatic N) is 1. The lowest BCUT2D eigenvalue weighted by molar-refractivity contribution is 0.358. The third-order valence-electron chi connectivity index (χ3n) is 3.36. The van der Waals surface area contributed by atoms with E-state index in [1.165, 1.54) is 12.2 Å². The molecule has 3 heteroatoms. The number of aryl methyl sites for hydroxylation is 1. The Kier molecular flexibility index (Phi) is 3.87. The fourth-order valence-corrected chi connectivity index (χ4v) is 3.79. The van der Waals surface area contributed by atoms with Crippen molar-refractivity contribution in [3.63, 3.8) is 0 Å². The van der Waals surface area contributed by atoms with E-state index in [-0.39, 0.29) is 0 Å². The van der Waals surface area contributed by atoms with Gasteiger partial charge in [0.05, 0.1) is 11.3 Å². The lowest BCUT2D eigenvalue weighted by atomic mass is 9.87. The number of nitrogens with one attached hydrogen (secondary N) is 1. The van der Waals surface area contributed by atoms with Gasteiger partial charge in [0, 0.05) is 11.8 Å². The van der Waals surface area contributed by atoms with Crippen molar-refractivity contribution < 1.29 is 0 Å². The van der Waals surface area contributed by atoms with Gasteiger partial charge in [-0.05, 0) is 36.1 Å². The molecule has 96 valence electrons. The number of hydrogen-bond acceptors (Lipinski definition) is 3. The van der Waals surface area contributed by atoms with Crippen LogP contribution in [0.3, 0.4) is 0 Å². The van der Waals surface area contributed by atoms with E-state index in [1.807, 2.05) is 36.9 Å². The Bertz CT molecular complexity index is 474. The highest BCUT2D eigenvalue weighted by molar-refractivity contribution is 7.99. The molecule has 1 unspecified atom stereocenters. The van der Waals surface area contributed by atoms with Gasteiger partial charge in [0.1, 0.15) is 6.07 Å². The van der Waals surface area contributed by atoms with Gasteiger partial charge in [-0.25, -0.2) is 0 Å². The zero-order valence-corrected chi connectivity index (χ0v) is 12.1. The molecule has 0 bridgehead atoms. The molecule has 0 aromatic heterocycles. The number of thioether (sulfide) groups is 1. The molecule has 2 rings (SSSR count). The van der Waals surface area contributed by atoms with Crippen LogP contribution in [-0.4, -0.2) is 17.5 Å². The van der Waals surface area contributed by atoms with Gasteiger partial charge in [0.25, 0.3) is 0 Å². The van der Waals surface area contributed by atoms with E-state index in [4.69, 9.17) is 0 Å². The maximum Gasteiger partial charge on any atom is 0.102 e. The summed E-state index contributed by atoms with van der Waals surface area (Å²) in [5.74, 6) is 2.35. The second kappa shape index (κ2) is 5.24. The zero-order valence-electron chi connectivity index (χ0n) is 11.3. The van der Waals surface area contributed by atoms with Crippen LogP contribution in [0.2, 0.25) is 0 Å². The highest BCUT2D eigenvalue weighted by atomic mass is 32.2. The summed E-state index contributed by atoms with van der Waals surface area (Å²) in [7, 11) is 0. The summed E-state index contributed by atoms with van der Waals surface area (Å²) in [4.78, 5) is 0. The van der Waals surface area contributed by atoms with Crippen LogP contribution >= 0.6 is 11.8 Å². The molecular formula is C15H20N2S. The Hall–Kier alpha value is -1.14. The quantitative estimate of drug-likeness (QED) is 0.878. The molecule has 1 aliphatic heterocycles. The number of anilines is 1. The summed E-state index contributed by atoms with van der Waals surface area (Å²) in [5.41, 5.74) is 3.20. The van der Waals surface area contributed by atoms with Gasteiger partial charge in [-0.2, -0.15) is 17.0 Å². The third-order valence-corrected chi connectivity index (χ3v) is 4.98. The first-order valence-electron chi connectivity index (χ1n) is 6.36. The molecule has 1 aromatic rings. The van der Waals surface area contributed by atoms with Gasteiger partial charge in [0.2, 0.25) is 0 Å². The van der Waals surface area contributed by atoms with Crippen molar-refractivity contribution in [1.29, 1.82) is 5.26 Å². The molecule has 1 fully saturated rings. The van der Waals surface area contributed by atoms with Gasteiger partial charge in [-0.1, -0.05) is 26.0 Å². The van der Waals surface area contributed by atoms with E-state index in [1.54, 1.807) is 0 Å². The topological polar surface area (TPSA) is 35.8 Å². The van der Waals surface area contributed by atoms with Gasteiger partial charge in [0.15, 0.2) is 0 Å². The molecule has 1 aliphatic rings. The van der Waals surface area contributed by atoms with E-state index in [2.05, 4.69) is 25.2 Å². The average molecular weight is 260 g/mol. The number of rotatable bonds is 2. The van der Waals surface area contributed by atoms with Crippen LogP contribution in [0.25, 0.3) is 0 Å². The van der Waals surface area contributed by atoms with Crippen LogP contribution in [0.15, 0.2) is 18.2 Å². The smallest absolute Gasteiger partial charge is 0.102 e. The van der Waals surface area contributed by atoms with Gasteiger partial charge < -0.3 is 5.32 Å². The van der Waals surface area contributed by atoms with E-state index >= 15 is 0 Å². The first-order valence-corrected chi connectivity index (χ1v) is 7.51. The molecule has 1 atom stereocenters. The lowest BCUT2D eigenvalue weighted by Gasteiger charge is -2.35. The predicted molar refractivity (Wildman–Crippen MR) is 79.0 cm³/mol. The summed E-state index contributed by atoms with van der Waals surface area (Å²) in [6, 6.07) is 8.78. The van der Waals surface area contributed by atoms with Crippen molar-refractivity contribution in [2.24, 2.45) is 5.41 Å². The predicted octanol–water partition coefficient (Wildman–Crippen LogP) is 3.81. The third kappa shape index (κ3) is 3.00. The first-order chi connectivity index (χ1) is 8.52. The van der Waals surface area contributed by atoms with Crippen molar-refractivity contribution >= 4 is 17.4 Å². The van der Waals surface area contributed by atoms with Crippen molar-refractivity contribution in [1.82, 2.24) is 0 Å². The van der Waals surface area contributed by atoms with E-state index in [0.717, 1.165) is 22.6 Å². The molecule has 0 aliphatic carbocycles. The van der Waals surface area contributed by atoms with Crippen LogP contribution in [0, 0.1) is 23.7 Å². The fourth-order valence-electron chi connectivity index (χ4n) is 2.51. The minimum absolute atomic E-state index is 0.386. The maximum atomic E-state index is 9.24. The Morgan fingerprint density at radius 1 is 1.44 bits per heavy atom. The highest BCUT2D eigenvalue weighted by Crippen LogP contribution is 2.35. The first kappa shape index (κ1) is 13.3. The summed E-state index contributed by atoms with van der Waals surface area (Å²) < 4.78 is 0. The Labute approximate surface area is 114 Å². The molecule has 0 amide bonds. The zero-order chi connectivity index (χ0) is 13.2. The van der Waals surface area contributed by atoms with Crippen LogP contribution in [0.4, 0.5) is 5.69 Å². The molecule has 0 spiro atoms. The van der Waals surface area contributed by atoms with Crippen molar-refractivity contribution in [2.75, 3.05) is 16.8 Å². The lowest BCUT2D eigenvalue weighted by Crippen LogP contribution is -2.35. The van der Waals surface area contributed by atoms with Crippen molar-refractivity contribution in [3.8, 4) is 6.07 Å². The van der Waals surface area contributed by atoms with E-state index in [9.17, 15) is 5.26 Å². The van der Waals surface area contributed by atoms with Gasteiger partial charge >= 0.3 is 0 Å². The van der Waals surface area contributed by atoms with Crippen LogP contribution in [0.5, 0.6) is 0 Å². The molecule has 2 nitrogen and oxygen atoms in total. The van der Waals surface area contributed by atoms with Crippen molar-refractivity contribution in [3.05, 3.63) is 29.3 Å². The normalized spacial score (nSPS) is 22.2. The Balaban J connectivity index is 2.15. The molecule has 1 aromatic carbocycles. The highest BCUT2D eigenvalue weighted by Gasteiger charge is 2.28. The summed E-state index contributed by atoms with van der Waals surface area (Å²) >= 11 is 2.00.